The van der Waals surface area contributed by atoms with Gasteiger partial charge in [0.25, 0.3) is 5.91 Å². The van der Waals surface area contributed by atoms with Crippen LogP contribution >= 0.6 is 11.6 Å². The lowest BCUT2D eigenvalue weighted by Crippen LogP contribution is -2.14. The molecule has 5 heteroatoms. The molecule has 2 aromatic carbocycles. The van der Waals surface area contributed by atoms with Gasteiger partial charge in [-0.3, -0.25) is 4.79 Å². The molecule has 0 atom stereocenters. The van der Waals surface area contributed by atoms with Crippen LogP contribution in [0.3, 0.4) is 0 Å². The first-order valence-electron chi connectivity index (χ1n) is 6.52. The fraction of sp³-hybridized carbons (Fsp3) is 0.188. The number of alkyl halides is 1. The molecule has 0 fully saturated rings. The number of benzene rings is 2. The van der Waals surface area contributed by atoms with E-state index >= 15 is 0 Å². The van der Waals surface area contributed by atoms with Crippen LogP contribution in [0.25, 0.3) is 0 Å². The number of anilines is 1. The molecule has 21 heavy (non-hydrogen) atoms. The molecule has 0 saturated carbocycles. The summed E-state index contributed by atoms with van der Waals surface area (Å²) in [5.41, 5.74) is 1.24. The molecule has 0 unspecified atom stereocenters. The van der Waals surface area contributed by atoms with Crippen molar-refractivity contribution in [1.82, 2.24) is 0 Å². The second-order valence-corrected chi connectivity index (χ2v) is 4.93. The highest BCUT2D eigenvalue weighted by molar-refractivity contribution is 6.17. The highest BCUT2D eigenvalue weighted by Crippen LogP contribution is 2.16. The van der Waals surface area contributed by atoms with Gasteiger partial charge in [-0.15, -0.1) is 11.6 Å². The molecule has 0 saturated heterocycles. The third-order valence-electron chi connectivity index (χ3n) is 2.98. The fourth-order valence-corrected chi connectivity index (χ4v) is 2.09. The zero-order valence-electron chi connectivity index (χ0n) is 11.2. The number of carbonyl (C=O) groups is 1. The quantitative estimate of drug-likeness (QED) is 0.816. The van der Waals surface area contributed by atoms with Gasteiger partial charge < -0.3 is 5.32 Å². The number of hydrogen-bond donors (Lipinski definition) is 1. The average molecular weight is 310 g/mol. The predicted octanol–water partition coefficient (Wildman–Crippen LogP) is 4.39. The van der Waals surface area contributed by atoms with Gasteiger partial charge in [0.2, 0.25) is 0 Å². The third-order valence-corrected chi connectivity index (χ3v) is 3.25. The highest BCUT2D eigenvalue weighted by atomic mass is 35.5. The van der Waals surface area contributed by atoms with Crippen LogP contribution in [0, 0.1) is 11.6 Å². The molecule has 0 aliphatic rings. The van der Waals surface area contributed by atoms with Gasteiger partial charge in [0.1, 0.15) is 0 Å². The van der Waals surface area contributed by atoms with Crippen molar-refractivity contribution in [2.75, 3.05) is 11.2 Å². The smallest absolute Gasteiger partial charge is 0.258 e. The monoisotopic (exact) mass is 309 g/mol. The van der Waals surface area contributed by atoms with E-state index in [1.165, 1.54) is 12.1 Å². The average Bonchev–Trinajstić information content (AvgIpc) is 2.48. The van der Waals surface area contributed by atoms with Gasteiger partial charge in [-0.1, -0.05) is 18.2 Å². The Morgan fingerprint density at radius 2 is 1.90 bits per heavy atom. The summed E-state index contributed by atoms with van der Waals surface area (Å²) in [6.45, 7) is 0. The van der Waals surface area contributed by atoms with E-state index in [4.69, 9.17) is 11.6 Å². The lowest BCUT2D eigenvalue weighted by Gasteiger charge is -2.08. The summed E-state index contributed by atoms with van der Waals surface area (Å²) in [6, 6.07) is 10.7. The second kappa shape index (κ2) is 7.18. The van der Waals surface area contributed by atoms with Gasteiger partial charge >= 0.3 is 0 Å². The Labute approximate surface area is 126 Å². The van der Waals surface area contributed by atoms with Crippen molar-refractivity contribution < 1.29 is 13.6 Å². The second-order valence-electron chi connectivity index (χ2n) is 4.55. The minimum atomic E-state index is -1.15. The first-order valence-corrected chi connectivity index (χ1v) is 7.05. The molecule has 2 nitrogen and oxygen atoms in total. The SMILES string of the molecule is O=C(Nc1cccc(CCCCl)c1)c1cccc(F)c1F. The summed E-state index contributed by atoms with van der Waals surface area (Å²) in [5.74, 6) is -2.31. The van der Waals surface area contributed by atoms with Gasteiger partial charge in [-0.05, 0) is 42.7 Å². The number of nitrogens with one attached hydrogen (secondary N) is 1. The summed E-state index contributed by atoms with van der Waals surface area (Å²) in [6.07, 6.45) is 1.62. The Morgan fingerprint density at radius 3 is 2.67 bits per heavy atom. The van der Waals surface area contributed by atoms with Crippen molar-refractivity contribution in [2.24, 2.45) is 0 Å². The minimum absolute atomic E-state index is 0.318. The molecule has 0 aliphatic heterocycles. The number of aryl methyl sites for hydroxylation is 1. The Hall–Kier alpha value is -1.94. The number of amides is 1. The van der Waals surface area contributed by atoms with Crippen LogP contribution in [0.15, 0.2) is 42.5 Å². The van der Waals surface area contributed by atoms with E-state index in [2.05, 4.69) is 5.32 Å². The standard InChI is InChI=1S/C16H14ClF2NO/c17-9-3-5-11-4-1-6-12(10-11)20-16(21)13-7-2-8-14(18)15(13)19/h1-2,4,6-8,10H,3,5,9H2,(H,20,21). The molecule has 2 rings (SSSR count). The van der Waals surface area contributed by atoms with Crippen molar-refractivity contribution >= 4 is 23.2 Å². The van der Waals surface area contributed by atoms with E-state index in [1.807, 2.05) is 6.07 Å². The Bertz CT molecular complexity index is 646. The minimum Gasteiger partial charge on any atom is -0.322 e. The number of hydrogen-bond acceptors (Lipinski definition) is 1. The van der Waals surface area contributed by atoms with Crippen LogP contribution < -0.4 is 5.32 Å². The number of carbonyl (C=O) groups excluding carboxylic acids is 1. The Morgan fingerprint density at radius 1 is 1.14 bits per heavy atom. The van der Waals surface area contributed by atoms with E-state index in [1.54, 1.807) is 18.2 Å². The van der Waals surface area contributed by atoms with Crippen LogP contribution in [0.1, 0.15) is 22.3 Å². The van der Waals surface area contributed by atoms with E-state index < -0.39 is 17.5 Å². The first-order chi connectivity index (χ1) is 10.1. The molecule has 0 aliphatic carbocycles. The van der Waals surface area contributed by atoms with Gasteiger partial charge in [0.15, 0.2) is 11.6 Å². The van der Waals surface area contributed by atoms with Crippen molar-refractivity contribution in [3.8, 4) is 0 Å². The summed E-state index contributed by atoms with van der Waals surface area (Å²) >= 11 is 5.64. The van der Waals surface area contributed by atoms with E-state index in [0.29, 0.717) is 11.6 Å². The van der Waals surface area contributed by atoms with Crippen molar-refractivity contribution in [1.29, 1.82) is 0 Å². The predicted molar refractivity (Wildman–Crippen MR) is 79.8 cm³/mol. The summed E-state index contributed by atoms with van der Waals surface area (Å²) < 4.78 is 26.7. The zero-order chi connectivity index (χ0) is 15.2. The molecular weight excluding hydrogens is 296 g/mol. The largest absolute Gasteiger partial charge is 0.322 e. The van der Waals surface area contributed by atoms with Crippen LogP contribution in [0.2, 0.25) is 0 Å². The van der Waals surface area contributed by atoms with Crippen LogP contribution in [0.4, 0.5) is 14.5 Å². The van der Waals surface area contributed by atoms with Gasteiger partial charge in [0.05, 0.1) is 5.56 Å². The topological polar surface area (TPSA) is 29.1 Å². The zero-order valence-corrected chi connectivity index (χ0v) is 12.0. The lowest BCUT2D eigenvalue weighted by atomic mass is 10.1. The molecule has 0 aromatic heterocycles. The molecule has 1 N–H and O–H groups in total. The maximum Gasteiger partial charge on any atom is 0.258 e. The van der Waals surface area contributed by atoms with Crippen molar-refractivity contribution in [3.63, 3.8) is 0 Å². The van der Waals surface area contributed by atoms with Crippen molar-refractivity contribution in [3.05, 3.63) is 65.2 Å². The Kier molecular flexibility index (Phi) is 5.28. The van der Waals surface area contributed by atoms with Crippen molar-refractivity contribution in [2.45, 2.75) is 12.8 Å². The fourth-order valence-electron chi connectivity index (χ4n) is 1.95. The molecule has 0 spiro atoms. The van der Waals surface area contributed by atoms with Gasteiger partial charge in [-0.2, -0.15) is 0 Å². The van der Waals surface area contributed by atoms with Crippen LogP contribution in [0.5, 0.6) is 0 Å². The van der Waals surface area contributed by atoms with Crippen LogP contribution in [-0.2, 0) is 6.42 Å². The van der Waals surface area contributed by atoms with Crippen LogP contribution in [-0.4, -0.2) is 11.8 Å². The normalized spacial score (nSPS) is 10.4. The molecule has 0 radical (unpaired) electrons. The summed E-state index contributed by atoms with van der Waals surface area (Å²) in [4.78, 5) is 12.0. The molecule has 1 amide bonds. The van der Waals surface area contributed by atoms with E-state index in [0.717, 1.165) is 24.5 Å². The molecular formula is C16H14ClF2NO. The molecule has 110 valence electrons. The van der Waals surface area contributed by atoms with E-state index in [-0.39, 0.29) is 5.56 Å². The summed E-state index contributed by atoms with van der Waals surface area (Å²) in [5, 5.41) is 2.56. The third kappa shape index (κ3) is 4.02. The highest BCUT2D eigenvalue weighted by Gasteiger charge is 2.15. The molecule has 0 bridgehead atoms. The number of rotatable bonds is 5. The lowest BCUT2D eigenvalue weighted by molar-refractivity contribution is 0.102. The van der Waals surface area contributed by atoms with E-state index in [9.17, 15) is 13.6 Å². The number of halogens is 3. The Balaban J connectivity index is 2.14. The van der Waals surface area contributed by atoms with Gasteiger partial charge in [0, 0.05) is 11.6 Å². The maximum absolute atomic E-state index is 13.6. The summed E-state index contributed by atoms with van der Waals surface area (Å²) in [7, 11) is 0. The first kappa shape index (κ1) is 15.4. The maximum atomic E-state index is 13.6. The van der Waals surface area contributed by atoms with Gasteiger partial charge in [-0.25, -0.2) is 8.78 Å². The molecule has 0 heterocycles. The molecule has 2 aromatic rings.